The second-order valence-corrected chi connectivity index (χ2v) is 7.13. The lowest BCUT2D eigenvalue weighted by atomic mass is 9.92. The van der Waals surface area contributed by atoms with Crippen molar-refractivity contribution in [3.8, 4) is 5.75 Å². The average Bonchev–Trinajstić information content (AvgIpc) is 2.97. The molecule has 3 rings (SSSR count). The van der Waals surface area contributed by atoms with Gasteiger partial charge in [0.05, 0.1) is 12.3 Å². The van der Waals surface area contributed by atoms with Crippen molar-refractivity contribution >= 4 is 17.2 Å². The summed E-state index contributed by atoms with van der Waals surface area (Å²) < 4.78 is 21.1. The van der Waals surface area contributed by atoms with Gasteiger partial charge in [0, 0.05) is 11.6 Å². The smallest absolute Gasteiger partial charge is 0.183 e. The lowest BCUT2D eigenvalue weighted by Crippen LogP contribution is -2.11. The van der Waals surface area contributed by atoms with Gasteiger partial charge in [0.25, 0.3) is 0 Å². The molecule has 0 amide bonds. The highest BCUT2D eigenvalue weighted by Gasteiger charge is 2.24. The van der Waals surface area contributed by atoms with E-state index in [1.807, 2.05) is 52.0 Å². The Labute approximate surface area is 152 Å². The first-order valence-corrected chi connectivity index (χ1v) is 8.72. The number of ether oxygens (including phenoxy) is 1. The van der Waals surface area contributed by atoms with Crippen LogP contribution in [0.15, 0.2) is 52.8 Å². The van der Waals surface area contributed by atoms with E-state index in [0.717, 1.165) is 12.1 Å². The van der Waals surface area contributed by atoms with Crippen molar-refractivity contribution in [1.82, 2.24) is 9.38 Å². The van der Waals surface area contributed by atoms with E-state index in [0.29, 0.717) is 29.5 Å². The number of hydrogen-bond acceptors (Lipinski definition) is 4. The van der Waals surface area contributed by atoms with Crippen LogP contribution in [0.2, 0.25) is 0 Å². The van der Waals surface area contributed by atoms with Crippen LogP contribution in [-0.2, 0) is 5.41 Å². The number of fused-ring (bicyclic) bond motifs is 1. The Balaban J connectivity index is 2.08. The van der Waals surface area contributed by atoms with Gasteiger partial charge >= 0.3 is 0 Å². The normalized spacial score (nSPS) is 12.2. The summed E-state index contributed by atoms with van der Waals surface area (Å²) in [6.45, 7) is 8.79. The highest BCUT2D eigenvalue weighted by Crippen LogP contribution is 2.35. The van der Waals surface area contributed by atoms with Gasteiger partial charge in [-0.1, -0.05) is 39.8 Å². The van der Waals surface area contributed by atoms with Crippen molar-refractivity contribution in [2.75, 3.05) is 6.61 Å². The van der Waals surface area contributed by atoms with Crippen LogP contribution in [0.4, 0.5) is 15.9 Å². The monoisotopic (exact) mass is 354 g/mol. The van der Waals surface area contributed by atoms with E-state index in [1.54, 1.807) is 10.5 Å². The number of aromatic nitrogens is 2. The molecule has 6 heteroatoms. The van der Waals surface area contributed by atoms with Crippen LogP contribution in [0.25, 0.3) is 5.65 Å². The van der Waals surface area contributed by atoms with Crippen LogP contribution in [0, 0.1) is 5.82 Å². The van der Waals surface area contributed by atoms with Crippen LogP contribution in [0.3, 0.4) is 0 Å². The minimum absolute atomic E-state index is 0.255. The number of para-hydroxylation sites is 1. The molecule has 0 aliphatic heterocycles. The molecule has 2 heterocycles. The predicted octanol–water partition coefficient (Wildman–Crippen LogP) is 5.98. The van der Waals surface area contributed by atoms with Crippen LogP contribution in [-0.4, -0.2) is 16.0 Å². The zero-order chi connectivity index (χ0) is 18.7. The lowest BCUT2D eigenvalue weighted by molar-refractivity contribution is 0.318. The fourth-order valence-electron chi connectivity index (χ4n) is 2.58. The van der Waals surface area contributed by atoms with Crippen LogP contribution in [0.1, 0.15) is 39.8 Å². The van der Waals surface area contributed by atoms with Crippen molar-refractivity contribution in [3.63, 3.8) is 0 Å². The van der Waals surface area contributed by atoms with Gasteiger partial charge in [-0.3, -0.25) is 4.40 Å². The number of imidazole rings is 1. The van der Waals surface area contributed by atoms with E-state index < -0.39 is 0 Å². The molecule has 3 aromatic rings. The van der Waals surface area contributed by atoms with E-state index >= 15 is 0 Å². The van der Waals surface area contributed by atoms with Crippen molar-refractivity contribution in [3.05, 3.63) is 54.1 Å². The molecule has 1 aromatic carbocycles. The quantitative estimate of drug-likeness (QED) is 0.530. The highest BCUT2D eigenvalue weighted by atomic mass is 19.1. The second-order valence-electron chi connectivity index (χ2n) is 7.13. The van der Waals surface area contributed by atoms with Gasteiger partial charge in [-0.15, -0.1) is 10.2 Å². The van der Waals surface area contributed by atoms with Crippen LogP contribution < -0.4 is 4.74 Å². The first-order valence-electron chi connectivity index (χ1n) is 8.72. The van der Waals surface area contributed by atoms with Crippen LogP contribution in [0.5, 0.6) is 5.75 Å². The Morgan fingerprint density at radius 3 is 2.62 bits per heavy atom. The third-order valence-electron chi connectivity index (χ3n) is 3.85. The third-order valence-corrected chi connectivity index (χ3v) is 3.85. The number of halogens is 1. The molecule has 0 saturated carbocycles. The van der Waals surface area contributed by atoms with Crippen LogP contribution >= 0.6 is 0 Å². The standard InChI is InChI=1S/C20H23FN4O/c1-5-12-26-16-9-7-6-8-15(16)23-24-19-18(20(2,3)4)22-17-11-10-14(21)13-25(17)19/h6-11,13H,5,12H2,1-4H3. The van der Waals surface area contributed by atoms with Gasteiger partial charge in [0.1, 0.15) is 22.9 Å². The Kier molecular flexibility index (Phi) is 5.02. The van der Waals surface area contributed by atoms with Gasteiger partial charge in [-0.05, 0) is 30.7 Å². The summed E-state index contributed by atoms with van der Waals surface area (Å²) >= 11 is 0. The molecule has 5 nitrogen and oxygen atoms in total. The molecule has 0 spiro atoms. The molecule has 0 aliphatic carbocycles. The molecule has 0 aliphatic rings. The summed E-state index contributed by atoms with van der Waals surface area (Å²) in [5, 5.41) is 8.79. The molecule has 0 fully saturated rings. The average molecular weight is 354 g/mol. The van der Waals surface area contributed by atoms with Gasteiger partial charge in [0.15, 0.2) is 5.82 Å². The first-order chi connectivity index (χ1) is 12.4. The molecule has 0 radical (unpaired) electrons. The fourth-order valence-corrected chi connectivity index (χ4v) is 2.58. The predicted molar refractivity (Wildman–Crippen MR) is 100 cm³/mol. The van der Waals surface area contributed by atoms with E-state index in [-0.39, 0.29) is 11.2 Å². The molecule has 0 bridgehead atoms. The maximum Gasteiger partial charge on any atom is 0.183 e. The van der Waals surface area contributed by atoms with E-state index in [2.05, 4.69) is 15.2 Å². The summed E-state index contributed by atoms with van der Waals surface area (Å²) in [5.74, 6) is 0.853. The summed E-state index contributed by atoms with van der Waals surface area (Å²) in [6.07, 6.45) is 2.29. The van der Waals surface area contributed by atoms with Gasteiger partial charge < -0.3 is 4.74 Å². The molecule has 26 heavy (non-hydrogen) atoms. The maximum atomic E-state index is 13.7. The third kappa shape index (κ3) is 3.74. The molecule has 0 N–H and O–H groups in total. The highest BCUT2D eigenvalue weighted by molar-refractivity contribution is 5.55. The van der Waals surface area contributed by atoms with Gasteiger partial charge in [-0.25, -0.2) is 9.37 Å². The molecule has 0 atom stereocenters. The zero-order valence-electron chi connectivity index (χ0n) is 15.5. The SMILES string of the molecule is CCCOc1ccccc1N=Nc1c(C(C)(C)C)nc2ccc(F)cn12. The van der Waals surface area contributed by atoms with Gasteiger partial charge in [0.2, 0.25) is 0 Å². The Morgan fingerprint density at radius 1 is 1.12 bits per heavy atom. The molecule has 2 aromatic heterocycles. The fraction of sp³-hybridized carbons (Fsp3) is 0.350. The number of nitrogens with zero attached hydrogens (tertiary/aromatic N) is 4. The van der Waals surface area contributed by atoms with Crippen molar-refractivity contribution in [1.29, 1.82) is 0 Å². The molecule has 136 valence electrons. The summed E-state index contributed by atoms with van der Waals surface area (Å²) in [6, 6.07) is 10.5. The van der Waals surface area contributed by atoms with E-state index in [9.17, 15) is 4.39 Å². The number of rotatable bonds is 5. The van der Waals surface area contributed by atoms with Crippen molar-refractivity contribution < 1.29 is 9.13 Å². The van der Waals surface area contributed by atoms with Crippen molar-refractivity contribution in [2.45, 2.75) is 39.5 Å². The first kappa shape index (κ1) is 18.0. The minimum Gasteiger partial charge on any atom is -0.491 e. The maximum absolute atomic E-state index is 13.7. The largest absolute Gasteiger partial charge is 0.491 e. The Hall–Kier alpha value is -2.76. The molecule has 0 saturated heterocycles. The second kappa shape index (κ2) is 7.23. The van der Waals surface area contributed by atoms with Gasteiger partial charge in [-0.2, -0.15) is 0 Å². The number of benzene rings is 1. The summed E-state index contributed by atoms with van der Waals surface area (Å²) in [7, 11) is 0. The topological polar surface area (TPSA) is 51.2 Å². The number of hydrogen-bond donors (Lipinski definition) is 0. The van der Waals surface area contributed by atoms with E-state index in [1.165, 1.54) is 12.3 Å². The summed E-state index contributed by atoms with van der Waals surface area (Å²) in [4.78, 5) is 4.62. The number of azo groups is 1. The zero-order valence-corrected chi connectivity index (χ0v) is 15.5. The molecule has 0 unspecified atom stereocenters. The summed E-state index contributed by atoms with van der Waals surface area (Å²) in [5.41, 5.74) is 1.78. The lowest BCUT2D eigenvalue weighted by Gasteiger charge is -2.15. The Bertz CT molecular complexity index is 941. The minimum atomic E-state index is -0.349. The number of pyridine rings is 1. The van der Waals surface area contributed by atoms with E-state index in [4.69, 9.17) is 4.74 Å². The molecular formula is C20H23FN4O. The van der Waals surface area contributed by atoms with Crippen molar-refractivity contribution in [2.24, 2.45) is 10.2 Å². The Morgan fingerprint density at radius 2 is 1.88 bits per heavy atom. The molecular weight excluding hydrogens is 331 g/mol.